The highest BCUT2D eigenvalue weighted by atomic mass is 32.2. The zero-order valence-electron chi connectivity index (χ0n) is 11.7. The fraction of sp³-hybridized carbons (Fsp3) is 0.125. The molecule has 0 heterocycles. The molecule has 0 fully saturated rings. The Labute approximate surface area is 132 Å². The molecule has 0 aliphatic heterocycles. The summed E-state index contributed by atoms with van der Waals surface area (Å²) in [6, 6.07) is 15.7. The summed E-state index contributed by atoms with van der Waals surface area (Å²) < 4.78 is 0. The van der Waals surface area contributed by atoms with Gasteiger partial charge in [0.2, 0.25) is 5.91 Å². The van der Waals surface area contributed by atoms with Gasteiger partial charge in [-0.25, -0.2) is 0 Å². The van der Waals surface area contributed by atoms with Crippen molar-refractivity contribution in [2.75, 3.05) is 11.6 Å². The predicted molar refractivity (Wildman–Crippen MR) is 87.8 cm³/mol. The molecule has 0 radical (unpaired) electrons. The first kappa shape index (κ1) is 15.5. The van der Waals surface area contributed by atoms with Crippen LogP contribution in [0, 0.1) is 11.3 Å². The molecule has 0 saturated heterocycles. The molecule has 0 unspecified atom stereocenters. The number of amides is 1. The van der Waals surface area contributed by atoms with Gasteiger partial charge >= 0.3 is 0 Å². The number of benzene rings is 2. The van der Waals surface area contributed by atoms with Crippen LogP contribution in [-0.4, -0.2) is 12.2 Å². The van der Waals surface area contributed by atoms with Crippen molar-refractivity contribution in [3.8, 4) is 6.07 Å². The van der Waals surface area contributed by atoms with Crippen LogP contribution in [0.1, 0.15) is 12.5 Å². The number of rotatable bonds is 4. The lowest BCUT2D eigenvalue weighted by molar-refractivity contribution is -0.114. The van der Waals surface area contributed by atoms with E-state index in [0.29, 0.717) is 5.56 Å². The quantitative estimate of drug-likeness (QED) is 0.850. The molecule has 2 rings (SSSR count). The largest absolute Gasteiger partial charge is 0.326 e. The van der Waals surface area contributed by atoms with Gasteiger partial charge in [0.25, 0.3) is 0 Å². The van der Waals surface area contributed by atoms with Gasteiger partial charge in [-0.15, -0.1) is 11.8 Å². The molecule has 21 heavy (non-hydrogen) atoms. The maximum absolute atomic E-state index is 11.0. The van der Waals surface area contributed by atoms with Gasteiger partial charge < -0.3 is 5.32 Å². The number of nitriles is 1. The molecule has 1 N–H and O–H groups in total. The summed E-state index contributed by atoms with van der Waals surface area (Å²) in [7, 11) is 0. The van der Waals surface area contributed by atoms with E-state index in [-0.39, 0.29) is 5.91 Å². The fourth-order valence-corrected chi connectivity index (χ4v) is 3.38. The van der Waals surface area contributed by atoms with Crippen molar-refractivity contribution in [2.45, 2.75) is 21.6 Å². The normalized spacial score (nSPS) is 9.95. The summed E-state index contributed by atoms with van der Waals surface area (Å²) in [6.45, 7) is 1.48. The number of nitrogens with zero attached hydrogens (tertiary/aromatic N) is 1. The molecular formula is C16H14N2OS2. The van der Waals surface area contributed by atoms with E-state index >= 15 is 0 Å². The van der Waals surface area contributed by atoms with Crippen molar-refractivity contribution in [1.82, 2.24) is 0 Å². The Morgan fingerprint density at radius 3 is 2.38 bits per heavy atom. The Hall–Kier alpha value is -1.90. The second-order valence-corrected chi connectivity index (χ2v) is 6.22. The van der Waals surface area contributed by atoms with Crippen LogP contribution in [0.5, 0.6) is 0 Å². The van der Waals surface area contributed by atoms with Gasteiger partial charge in [0.05, 0.1) is 5.56 Å². The van der Waals surface area contributed by atoms with Gasteiger partial charge in [-0.3, -0.25) is 4.79 Å². The third-order valence-electron chi connectivity index (χ3n) is 2.72. The van der Waals surface area contributed by atoms with Crippen molar-refractivity contribution >= 4 is 35.1 Å². The molecule has 2 aromatic rings. The Morgan fingerprint density at radius 2 is 1.81 bits per heavy atom. The van der Waals surface area contributed by atoms with E-state index in [4.69, 9.17) is 0 Å². The van der Waals surface area contributed by atoms with E-state index in [9.17, 15) is 10.1 Å². The minimum absolute atomic E-state index is 0.0881. The first-order valence-corrected chi connectivity index (χ1v) is 8.30. The zero-order chi connectivity index (χ0) is 15.2. The second-order valence-electron chi connectivity index (χ2n) is 4.25. The highest BCUT2D eigenvalue weighted by Crippen LogP contribution is 2.34. The number of hydrogen-bond donors (Lipinski definition) is 1. The minimum atomic E-state index is -0.0881. The predicted octanol–water partition coefficient (Wildman–Crippen LogP) is 4.39. The van der Waals surface area contributed by atoms with Crippen molar-refractivity contribution in [2.24, 2.45) is 0 Å². The van der Waals surface area contributed by atoms with Gasteiger partial charge in [0, 0.05) is 27.3 Å². The summed E-state index contributed by atoms with van der Waals surface area (Å²) in [5.41, 5.74) is 1.48. The maximum atomic E-state index is 11.0. The molecule has 106 valence electrons. The highest BCUT2D eigenvalue weighted by Gasteiger charge is 2.08. The third kappa shape index (κ3) is 4.03. The number of thioether (sulfide) groups is 1. The Kier molecular flexibility index (Phi) is 5.32. The molecule has 1 amide bonds. The maximum Gasteiger partial charge on any atom is 0.221 e. The molecule has 0 aromatic heterocycles. The lowest BCUT2D eigenvalue weighted by atomic mass is 10.2. The fourth-order valence-electron chi connectivity index (χ4n) is 1.81. The van der Waals surface area contributed by atoms with E-state index in [1.807, 2.05) is 48.7 Å². The molecule has 0 atom stereocenters. The summed E-state index contributed by atoms with van der Waals surface area (Å²) >= 11 is 3.12. The first-order valence-electron chi connectivity index (χ1n) is 6.26. The van der Waals surface area contributed by atoms with E-state index in [2.05, 4.69) is 11.4 Å². The molecule has 0 aliphatic rings. The number of hydrogen-bond acceptors (Lipinski definition) is 4. The molecule has 5 heteroatoms. The van der Waals surface area contributed by atoms with Gasteiger partial charge in [0.1, 0.15) is 6.07 Å². The molecule has 3 nitrogen and oxygen atoms in total. The van der Waals surface area contributed by atoms with Crippen LogP contribution in [0.25, 0.3) is 0 Å². The molecule has 0 bridgehead atoms. The van der Waals surface area contributed by atoms with Gasteiger partial charge in [-0.1, -0.05) is 17.8 Å². The number of carbonyl (C=O) groups excluding carboxylic acids is 1. The Morgan fingerprint density at radius 1 is 1.14 bits per heavy atom. The lowest BCUT2D eigenvalue weighted by Gasteiger charge is -2.08. The summed E-state index contributed by atoms with van der Waals surface area (Å²) in [4.78, 5) is 13.9. The van der Waals surface area contributed by atoms with E-state index in [1.165, 1.54) is 6.92 Å². The number of carbonyl (C=O) groups is 1. The van der Waals surface area contributed by atoms with Crippen LogP contribution in [0.4, 0.5) is 5.69 Å². The van der Waals surface area contributed by atoms with Crippen molar-refractivity contribution in [3.05, 3.63) is 48.0 Å². The molecular weight excluding hydrogens is 300 g/mol. The van der Waals surface area contributed by atoms with Gasteiger partial charge in [-0.05, 0) is 42.7 Å². The van der Waals surface area contributed by atoms with E-state index < -0.39 is 0 Å². The van der Waals surface area contributed by atoms with Crippen LogP contribution >= 0.6 is 23.5 Å². The summed E-state index contributed by atoms with van der Waals surface area (Å²) in [6.07, 6.45) is 1.97. The van der Waals surface area contributed by atoms with Crippen molar-refractivity contribution < 1.29 is 4.79 Å². The van der Waals surface area contributed by atoms with Crippen LogP contribution in [0.2, 0.25) is 0 Å². The molecule has 2 aromatic carbocycles. The van der Waals surface area contributed by atoms with Gasteiger partial charge in [0.15, 0.2) is 0 Å². The number of anilines is 1. The molecule has 0 saturated carbocycles. The average molecular weight is 314 g/mol. The molecule has 0 spiro atoms. The van der Waals surface area contributed by atoms with E-state index in [0.717, 1.165) is 20.4 Å². The van der Waals surface area contributed by atoms with Crippen LogP contribution in [-0.2, 0) is 4.79 Å². The lowest BCUT2D eigenvalue weighted by Crippen LogP contribution is -2.05. The van der Waals surface area contributed by atoms with Gasteiger partial charge in [-0.2, -0.15) is 5.26 Å². The van der Waals surface area contributed by atoms with Crippen LogP contribution < -0.4 is 5.32 Å². The Bertz CT molecular complexity index is 690. The van der Waals surface area contributed by atoms with Crippen LogP contribution in [0.15, 0.2) is 57.2 Å². The van der Waals surface area contributed by atoms with Crippen molar-refractivity contribution in [3.63, 3.8) is 0 Å². The van der Waals surface area contributed by atoms with E-state index in [1.54, 1.807) is 23.5 Å². The Balaban J connectivity index is 2.23. The molecule has 0 aliphatic carbocycles. The SMILES string of the molecule is CSc1cccc(Sc2ccc(NC(C)=O)cc2)c1C#N. The van der Waals surface area contributed by atoms with Crippen molar-refractivity contribution in [1.29, 1.82) is 5.26 Å². The highest BCUT2D eigenvalue weighted by molar-refractivity contribution is 8.00. The number of nitrogens with one attached hydrogen (secondary N) is 1. The second kappa shape index (κ2) is 7.21. The van der Waals surface area contributed by atoms with Crippen LogP contribution in [0.3, 0.4) is 0 Å². The zero-order valence-corrected chi connectivity index (χ0v) is 13.3. The summed E-state index contributed by atoms with van der Waals surface area (Å²) in [5.74, 6) is -0.0881. The summed E-state index contributed by atoms with van der Waals surface area (Å²) in [5, 5.41) is 12.1. The third-order valence-corrected chi connectivity index (χ3v) is 4.57. The topological polar surface area (TPSA) is 52.9 Å². The average Bonchev–Trinajstić information content (AvgIpc) is 2.48. The monoisotopic (exact) mass is 314 g/mol. The smallest absolute Gasteiger partial charge is 0.221 e. The minimum Gasteiger partial charge on any atom is -0.326 e. The standard InChI is InChI=1S/C16H14N2OS2/c1-11(19)18-12-6-8-13(9-7-12)21-16-5-3-4-15(20-2)14(16)10-17/h3-9H,1-2H3,(H,18,19). The first-order chi connectivity index (χ1) is 10.1.